The summed E-state index contributed by atoms with van der Waals surface area (Å²) in [6.45, 7) is 1.72. The summed E-state index contributed by atoms with van der Waals surface area (Å²) >= 11 is 5.58. The molecular weight excluding hydrogens is 259 g/mol. The first-order chi connectivity index (χ1) is 8.61. The van der Waals surface area contributed by atoms with Crippen LogP contribution in [0.4, 0.5) is 4.39 Å². The predicted octanol–water partition coefficient (Wildman–Crippen LogP) is 1.28. The van der Waals surface area contributed by atoms with Crippen LogP contribution < -0.4 is 5.73 Å². The van der Waals surface area contributed by atoms with Gasteiger partial charge in [0.2, 0.25) is 0 Å². The fraction of sp³-hybridized carbons (Fsp3) is 0.417. The third kappa shape index (κ3) is 2.80. The summed E-state index contributed by atoms with van der Waals surface area (Å²) < 4.78 is 18.7. The van der Waals surface area contributed by atoms with Gasteiger partial charge in [0.15, 0.2) is 0 Å². The van der Waals surface area contributed by atoms with E-state index in [2.05, 4.69) is 0 Å². The largest absolute Gasteiger partial charge is 0.373 e. The van der Waals surface area contributed by atoms with Crippen LogP contribution in [0.15, 0.2) is 18.2 Å². The topological polar surface area (TPSA) is 55.6 Å². The lowest BCUT2D eigenvalue weighted by atomic mass is 10.1. The highest BCUT2D eigenvalue weighted by molar-refractivity contribution is 6.30. The predicted molar refractivity (Wildman–Crippen MR) is 66.1 cm³/mol. The molecule has 1 saturated heterocycles. The first-order valence-corrected chi connectivity index (χ1v) is 6.05. The van der Waals surface area contributed by atoms with Crippen LogP contribution in [0.2, 0.25) is 5.02 Å². The molecule has 1 aromatic rings. The van der Waals surface area contributed by atoms with Crippen LogP contribution in [0.1, 0.15) is 10.4 Å². The Morgan fingerprint density at radius 2 is 2.39 bits per heavy atom. The quantitative estimate of drug-likeness (QED) is 0.882. The summed E-state index contributed by atoms with van der Waals surface area (Å²) in [5.74, 6) is -0.821. The van der Waals surface area contributed by atoms with Crippen molar-refractivity contribution in [3.63, 3.8) is 0 Å². The Balaban J connectivity index is 2.12. The standard InChI is InChI=1S/C12H14ClFN2O2/c13-10-2-1-8(5-11(10)14)12(17)16-3-4-18-9(6-15)7-16/h1-2,5,9H,3-4,6-7,15H2. The minimum atomic E-state index is -0.592. The Morgan fingerprint density at radius 3 is 3.06 bits per heavy atom. The molecule has 98 valence electrons. The molecule has 18 heavy (non-hydrogen) atoms. The van der Waals surface area contributed by atoms with E-state index >= 15 is 0 Å². The van der Waals surface area contributed by atoms with Crippen molar-refractivity contribution in [3.05, 3.63) is 34.6 Å². The number of amides is 1. The van der Waals surface area contributed by atoms with E-state index in [0.29, 0.717) is 26.2 Å². The molecule has 1 aromatic carbocycles. The molecule has 2 N–H and O–H groups in total. The van der Waals surface area contributed by atoms with Crippen LogP contribution >= 0.6 is 11.6 Å². The molecule has 0 aromatic heterocycles. The number of ether oxygens (including phenoxy) is 1. The molecule has 2 rings (SSSR count). The van der Waals surface area contributed by atoms with Crippen molar-refractivity contribution in [2.75, 3.05) is 26.2 Å². The number of hydrogen-bond acceptors (Lipinski definition) is 3. The molecule has 6 heteroatoms. The van der Waals surface area contributed by atoms with Crippen molar-refractivity contribution in [3.8, 4) is 0 Å². The first kappa shape index (κ1) is 13.3. The highest BCUT2D eigenvalue weighted by Gasteiger charge is 2.24. The second-order valence-electron chi connectivity index (χ2n) is 4.11. The number of rotatable bonds is 2. The summed E-state index contributed by atoms with van der Waals surface area (Å²) in [7, 11) is 0. The average molecular weight is 273 g/mol. The van der Waals surface area contributed by atoms with Gasteiger partial charge in [0.05, 0.1) is 17.7 Å². The zero-order chi connectivity index (χ0) is 13.1. The second-order valence-corrected chi connectivity index (χ2v) is 4.52. The van der Waals surface area contributed by atoms with Crippen LogP contribution in [-0.4, -0.2) is 43.2 Å². The number of carbonyl (C=O) groups is 1. The van der Waals surface area contributed by atoms with Gasteiger partial charge < -0.3 is 15.4 Å². The lowest BCUT2D eigenvalue weighted by Crippen LogP contribution is -2.48. The fourth-order valence-corrected chi connectivity index (χ4v) is 1.98. The third-order valence-electron chi connectivity index (χ3n) is 2.86. The number of nitrogens with zero attached hydrogens (tertiary/aromatic N) is 1. The summed E-state index contributed by atoms with van der Waals surface area (Å²) in [6, 6.07) is 4.04. The number of hydrogen-bond donors (Lipinski definition) is 1. The number of nitrogens with two attached hydrogens (primary N) is 1. The van der Waals surface area contributed by atoms with Crippen molar-refractivity contribution in [2.24, 2.45) is 5.73 Å². The molecule has 0 radical (unpaired) electrons. The molecule has 1 aliphatic heterocycles. The molecule has 0 bridgehead atoms. The summed E-state index contributed by atoms with van der Waals surface area (Å²) in [5, 5.41) is 0.00774. The van der Waals surface area contributed by atoms with Crippen molar-refractivity contribution < 1.29 is 13.9 Å². The van der Waals surface area contributed by atoms with Gasteiger partial charge in [-0.05, 0) is 18.2 Å². The van der Waals surface area contributed by atoms with E-state index in [4.69, 9.17) is 22.1 Å². The second kappa shape index (κ2) is 5.65. The van der Waals surface area contributed by atoms with Gasteiger partial charge in [-0.1, -0.05) is 11.6 Å². The van der Waals surface area contributed by atoms with Gasteiger partial charge in [0.25, 0.3) is 5.91 Å². The highest BCUT2D eigenvalue weighted by atomic mass is 35.5. The molecule has 1 amide bonds. The van der Waals surface area contributed by atoms with Crippen LogP contribution in [0.3, 0.4) is 0 Å². The third-order valence-corrected chi connectivity index (χ3v) is 3.16. The molecule has 4 nitrogen and oxygen atoms in total. The SMILES string of the molecule is NCC1CN(C(=O)c2ccc(Cl)c(F)c2)CCO1. The van der Waals surface area contributed by atoms with Gasteiger partial charge in [-0.3, -0.25) is 4.79 Å². The molecule has 1 atom stereocenters. The van der Waals surface area contributed by atoms with Crippen LogP contribution in [-0.2, 0) is 4.74 Å². The Hall–Kier alpha value is -1.17. The van der Waals surface area contributed by atoms with E-state index in [1.165, 1.54) is 12.1 Å². The molecular formula is C12H14ClFN2O2. The van der Waals surface area contributed by atoms with Gasteiger partial charge in [-0.15, -0.1) is 0 Å². The monoisotopic (exact) mass is 272 g/mol. The summed E-state index contributed by atoms with van der Waals surface area (Å²) in [5.41, 5.74) is 5.79. The van der Waals surface area contributed by atoms with E-state index in [0.717, 1.165) is 6.07 Å². The van der Waals surface area contributed by atoms with Gasteiger partial charge in [0, 0.05) is 25.2 Å². The van der Waals surface area contributed by atoms with E-state index in [1.54, 1.807) is 4.90 Å². The Kier molecular flexibility index (Phi) is 4.16. The molecule has 0 spiro atoms. The fourth-order valence-electron chi connectivity index (χ4n) is 1.86. The van der Waals surface area contributed by atoms with Gasteiger partial charge >= 0.3 is 0 Å². The summed E-state index contributed by atoms with van der Waals surface area (Å²) in [6.07, 6.45) is -0.153. The van der Waals surface area contributed by atoms with Crippen molar-refractivity contribution in [1.29, 1.82) is 0 Å². The molecule has 0 saturated carbocycles. The maximum atomic E-state index is 13.3. The van der Waals surface area contributed by atoms with E-state index in [1.807, 2.05) is 0 Å². The van der Waals surface area contributed by atoms with Gasteiger partial charge in [-0.2, -0.15) is 0 Å². The lowest BCUT2D eigenvalue weighted by molar-refractivity contribution is -0.0167. The van der Waals surface area contributed by atoms with E-state index in [-0.39, 0.29) is 22.6 Å². The maximum absolute atomic E-state index is 13.3. The van der Waals surface area contributed by atoms with Gasteiger partial charge in [0.1, 0.15) is 5.82 Å². The minimum absolute atomic E-state index is 0.00774. The Morgan fingerprint density at radius 1 is 1.61 bits per heavy atom. The molecule has 0 aliphatic carbocycles. The Labute approximate surface area is 109 Å². The molecule has 1 heterocycles. The Bertz CT molecular complexity index is 456. The van der Waals surface area contributed by atoms with Crippen LogP contribution in [0.25, 0.3) is 0 Å². The zero-order valence-corrected chi connectivity index (χ0v) is 10.5. The number of carbonyl (C=O) groups excluding carboxylic acids is 1. The van der Waals surface area contributed by atoms with Crippen molar-refractivity contribution in [1.82, 2.24) is 4.90 Å². The normalized spacial score (nSPS) is 19.9. The van der Waals surface area contributed by atoms with Gasteiger partial charge in [-0.25, -0.2) is 4.39 Å². The van der Waals surface area contributed by atoms with Crippen LogP contribution in [0, 0.1) is 5.82 Å². The van der Waals surface area contributed by atoms with Crippen LogP contribution in [0.5, 0.6) is 0 Å². The zero-order valence-electron chi connectivity index (χ0n) is 9.73. The molecule has 1 aliphatic rings. The lowest BCUT2D eigenvalue weighted by Gasteiger charge is -2.32. The average Bonchev–Trinajstić information content (AvgIpc) is 2.41. The molecule has 1 fully saturated rings. The number of benzene rings is 1. The number of halogens is 2. The van der Waals surface area contributed by atoms with E-state index in [9.17, 15) is 9.18 Å². The van der Waals surface area contributed by atoms with E-state index < -0.39 is 5.82 Å². The first-order valence-electron chi connectivity index (χ1n) is 5.68. The summed E-state index contributed by atoms with van der Waals surface area (Å²) in [4.78, 5) is 13.8. The maximum Gasteiger partial charge on any atom is 0.254 e. The molecule has 1 unspecified atom stereocenters. The van der Waals surface area contributed by atoms with Crippen molar-refractivity contribution >= 4 is 17.5 Å². The minimum Gasteiger partial charge on any atom is -0.373 e. The highest BCUT2D eigenvalue weighted by Crippen LogP contribution is 2.17. The smallest absolute Gasteiger partial charge is 0.254 e. The number of morpholine rings is 1. The van der Waals surface area contributed by atoms with Crippen molar-refractivity contribution in [2.45, 2.75) is 6.10 Å².